The quantitative estimate of drug-likeness (QED) is 0.839. The van der Waals surface area contributed by atoms with Gasteiger partial charge in [0.15, 0.2) is 0 Å². The molecule has 0 bridgehead atoms. The van der Waals surface area contributed by atoms with Crippen molar-refractivity contribution in [3.8, 4) is 5.75 Å². The summed E-state index contributed by atoms with van der Waals surface area (Å²) in [7, 11) is 0. The largest absolute Gasteiger partial charge is 0.492 e. The molecule has 4 nitrogen and oxygen atoms in total. The lowest BCUT2D eigenvalue weighted by atomic mass is 10.1. The molecule has 1 aromatic carbocycles. The van der Waals surface area contributed by atoms with E-state index in [9.17, 15) is 4.79 Å². The maximum Gasteiger partial charge on any atom is 0.223 e. The van der Waals surface area contributed by atoms with Crippen LogP contribution in [0.3, 0.4) is 0 Å². The van der Waals surface area contributed by atoms with Crippen LogP contribution in [0.15, 0.2) is 41.1 Å². The Bertz CT molecular complexity index is 689. The fraction of sp³-hybridized carbons (Fsp3) is 0.294. The molecule has 1 aliphatic rings. The first-order chi connectivity index (χ1) is 10.6. The van der Waals surface area contributed by atoms with Crippen molar-refractivity contribution in [1.29, 1.82) is 0 Å². The standard InChI is InChI=1S/C17H17BrN2O2/c1-12(21)20-8-4-14-10-17(15(18)11-16(14)20)22-9-5-13-2-6-19-7-3-13/h2-3,6-7,10-11H,4-5,8-9H2,1H3. The Balaban J connectivity index is 1.69. The minimum absolute atomic E-state index is 0.0806. The van der Waals surface area contributed by atoms with Crippen molar-refractivity contribution in [2.75, 3.05) is 18.1 Å². The van der Waals surface area contributed by atoms with Gasteiger partial charge in [-0.15, -0.1) is 0 Å². The van der Waals surface area contributed by atoms with Crippen molar-refractivity contribution in [2.45, 2.75) is 19.8 Å². The van der Waals surface area contributed by atoms with E-state index in [1.165, 1.54) is 5.56 Å². The van der Waals surface area contributed by atoms with Gasteiger partial charge in [0, 0.05) is 38.0 Å². The molecule has 0 saturated heterocycles. The molecule has 0 spiro atoms. The van der Waals surface area contributed by atoms with E-state index >= 15 is 0 Å². The smallest absolute Gasteiger partial charge is 0.223 e. The number of aromatic nitrogens is 1. The average Bonchev–Trinajstić information content (AvgIpc) is 2.91. The molecule has 1 aromatic heterocycles. The number of ether oxygens (including phenoxy) is 1. The summed E-state index contributed by atoms with van der Waals surface area (Å²) in [4.78, 5) is 17.4. The van der Waals surface area contributed by atoms with E-state index in [2.05, 4.69) is 20.9 Å². The highest BCUT2D eigenvalue weighted by Crippen LogP contribution is 2.37. The van der Waals surface area contributed by atoms with E-state index in [1.807, 2.05) is 24.3 Å². The molecule has 0 fully saturated rings. The Morgan fingerprint density at radius 2 is 2.14 bits per heavy atom. The molecule has 5 heteroatoms. The molecule has 3 rings (SSSR count). The summed E-state index contributed by atoms with van der Waals surface area (Å²) >= 11 is 3.54. The zero-order valence-corrected chi connectivity index (χ0v) is 14.0. The second-order valence-electron chi connectivity index (χ2n) is 5.29. The van der Waals surface area contributed by atoms with Gasteiger partial charge < -0.3 is 9.64 Å². The van der Waals surface area contributed by atoms with Crippen LogP contribution in [0.25, 0.3) is 0 Å². The van der Waals surface area contributed by atoms with Crippen LogP contribution in [0, 0.1) is 0 Å². The molecule has 0 atom stereocenters. The summed E-state index contributed by atoms with van der Waals surface area (Å²) in [5.41, 5.74) is 3.35. The number of rotatable bonds is 4. The third kappa shape index (κ3) is 3.14. The number of hydrogen-bond acceptors (Lipinski definition) is 3. The number of fused-ring (bicyclic) bond motifs is 1. The number of carbonyl (C=O) groups excluding carboxylic acids is 1. The third-order valence-corrected chi connectivity index (χ3v) is 4.43. The Labute approximate surface area is 138 Å². The van der Waals surface area contributed by atoms with Crippen LogP contribution in [-0.4, -0.2) is 24.0 Å². The molecule has 1 amide bonds. The molecule has 0 radical (unpaired) electrons. The summed E-state index contributed by atoms with van der Waals surface area (Å²) in [6.07, 6.45) is 5.29. The number of pyridine rings is 1. The van der Waals surface area contributed by atoms with Crippen LogP contribution in [0.1, 0.15) is 18.1 Å². The number of nitrogens with zero attached hydrogens (tertiary/aromatic N) is 2. The second kappa shape index (κ2) is 6.48. The van der Waals surface area contributed by atoms with E-state index in [0.29, 0.717) is 6.61 Å². The highest BCUT2D eigenvalue weighted by Gasteiger charge is 2.23. The van der Waals surface area contributed by atoms with Crippen molar-refractivity contribution in [1.82, 2.24) is 4.98 Å². The van der Waals surface area contributed by atoms with Gasteiger partial charge in [-0.05, 0) is 57.7 Å². The lowest BCUT2D eigenvalue weighted by Crippen LogP contribution is -2.25. The predicted molar refractivity (Wildman–Crippen MR) is 89.3 cm³/mol. The minimum Gasteiger partial charge on any atom is -0.492 e. The van der Waals surface area contributed by atoms with E-state index in [1.54, 1.807) is 24.2 Å². The first-order valence-electron chi connectivity index (χ1n) is 7.27. The van der Waals surface area contributed by atoms with Gasteiger partial charge in [0.25, 0.3) is 0 Å². The third-order valence-electron chi connectivity index (χ3n) is 3.81. The fourth-order valence-corrected chi connectivity index (χ4v) is 3.10. The van der Waals surface area contributed by atoms with Gasteiger partial charge in [0.2, 0.25) is 5.91 Å². The molecule has 114 valence electrons. The van der Waals surface area contributed by atoms with E-state index in [-0.39, 0.29) is 5.91 Å². The molecular weight excluding hydrogens is 344 g/mol. The maximum atomic E-state index is 11.6. The summed E-state index contributed by atoms with van der Waals surface area (Å²) in [6.45, 7) is 2.96. The monoisotopic (exact) mass is 360 g/mol. The van der Waals surface area contributed by atoms with Gasteiger partial charge in [-0.1, -0.05) is 0 Å². The van der Waals surface area contributed by atoms with Crippen molar-refractivity contribution in [2.24, 2.45) is 0 Å². The van der Waals surface area contributed by atoms with Crippen molar-refractivity contribution < 1.29 is 9.53 Å². The van der Waals surface area contributed by atoms with Gasteiger partial charge in [-0.25, -0.2) is 0 Å². The van der Waals surface area contributed by atoms with Crippen LogP contribution >= 0.6 is 15.9 Å². The first kappa shape index (κ1) is 15.0. The summed E-state index contributed by atoms with van der Waals surface area (Å²) in [5.74, 6) is 0.912. The van der Waals surface area contributed by atoms with E-state index < -0.39 is 0 Å². The number of anilines is 1. The van der Waals surface area contributed by atoms with Crippen LogP contribution < -0.4 is 9.64 Å². The molecular formula is C17H17BrN2O2. The minimum atomic E-state index is 0.0806. The summed E-state index contributed by atoms with van der Waals surface area (Å²) in [5, 5.41) is 0. The average molecular weight is 361 g/mol. The second-order valence-corrected chi connectivity index (χ2v) is 6.14. The number of halogens is 1. The molecule has 0 unspecified atom stereocenters. The normalized spacial score (nSPS) is 13.1. The lowest BCUT2D eigenvalue weighted by molar-refractivity contribution is -0.116. The molecule has 0 saturated carbocycles. The van der Waals surface area contributed by atoms with Crippen LogP contribution in [0.2, 0.25) is 0 Å². The van der Waals surface area contributed by atoms with Crippen molar-refractivity contribution in [3.63, 3.8) is 0 Å². The van der Waals surface area contributed by atoms with E-state index in [0.717, 1.165) is 40.9 Å². The molecule has 1 aliphatic heterocycles. The van der Waals surface area contributed by atoms with Crippen molar-refractivity contribution >= 4 is 27.5 Å². The molecule has 2 aromatic rings. The Hall–Kier alpha value is -1.88. The van der Waals surface area contributed by atoms with Gasteiger partial charge in [-0.2, -0.15) is 0 Å². The van der Waals surface area contributed by atoms with Gasteiger partial charge in [-0.3, -0.25) is 9.78 Å². The molecule has 0 aliphatic carbocycles. The number of hydrogen-bond donors (Lipinski definition) is 0. The summed E-state index contributed by atoms with van der Waals surface area (Å²) in [6, 6.07) is 8.00. The Kier molecular flexibility index (Phi) is 4.43. The number of carbonyl (C=O) groups is 1. The lowest BCUT2D eigenvalue weighted by Gasteiger charge is -2.16. The van der Waals surface area contributed by atoms with Crippen LogP contribution in [0.4, 0.5) is 5.69 Å². The fourth-order valence-electron chi connectivity index (χ4n) is 2.66. The van der Waals surface area contributed by atoms with Gasteiger partial charge in [0.05, 0.1) is 11.1 Å². The molecule has 0 N–H and O–H groups in total. The van der Waals surface area contributed by atoms with E-state index in [4.69, 9.17) is 4.74 Å². The zero-order chi connectivity index (χ0) is 15.5. The molecule has 22 heavy (non-hydrogen) atoms. The highest BCUT2D eigenvalue weighted by molar-refractivity contribution is 9.10. The Morgan fingerprint density at radius 3 is 2.86 bits per heavy atom. The number of amides is 1. The predicted octanol–water partition coefficient (Wildman–Crippen LogP) is 3.37. The maximum absolute atomic E-state index is 11.6. The Morgan fingerprint density at radius 1 is 1.36 bits per heavy atom. The SMILES string of the molecule is CC(=O)N1CCc2cc(OCCc3ccncc3)c(Br)cc21. The van der Waals surface area contributed by atoms with Crippen LogP contribution in [0.5, 0.6) is 5.75 Å². The van der Waals surface area contributed by atoms with Crippen molar-refractivity contribution in [3.05, 3.63) is 52.3 Å². The molecule has 2 heterocycles. The highest BCUT2D eigenvalue weighted by atomic mass is 79.9. The number of benzene rings is 1. The first-order valence-corrected chi connectivity index (χ1v) is 8.06. The zero-order valence-electron chi connectivity index (χ0n) is 12.4. The topological polar surface area (TPSA) is 42.4 Å². The van der Waals surface area contributed by atoms with Gasteiger partial charge in [0.1, 0.15) is 5.75 Å². The summed E-state index contributed by atoms with van der Waals surface area (Å²) < 4.78 is 6.77. The van der Waals surface area contributed by atoms with Crippen LogP contribution in [-0.2, 0) is 17.6 Å². The van der Waals surface area contributed by atoms with Gasteiger partial charge >= 0.3 is 0 Å².